The van der Waals surface area contributed by atoms with E-state index in [9.17, 15) is 0 Å². The van der Waals surface area contributed by atoms with Gasteiger partial charge in [0.05, 0.1) is 7.11 Å². The molecule has 3 nitrogen and oxygen atoms in total. The predicted octanol–water partition coefficient (Wildman–Crippen LogP) is 2.51. The Morgan fingerprint density at radius 2 is 1.82 bits per heavy atom. The largest absolute Gasteiger partial charge is 0.497 e. The van der Waals surface area contributed by atoms with Crippen LogP contribution in [-0.4, -0.2) is 27.2 Å². The van der Waals surface area contributed by atoms with Crippen molar-refractivity contribution >= 4 is 5.69 Å². The fraction of sp³-hybridized carbons (Fsp3) is 0.571. The number of anilines is 1. The summed E-state index contributed by atoms with van der Waals surface area (Å²) in [6, 6.07) is 8.14. The van der Waals surface area contributed by atoms with Crippen LogP contribution in [0.3, 0.4) is 0 Å². The van der Waals surface area contributed by atoms with Crippen LogP contribution in [0.15, 0.2) is 24.3 Å². The zero-order chi connectivity index (χ0) is 12.9. The van der Waals surface area contributed by atoms with Gasteiger partial charge in [0.25, 0.3) is 0 Å². The van der Waals surface area contributed by atoms with Crippen LogP contribution >= 0.6 is 0 Å². The minimum Gasteiger partial charge on any atom is -0.497 e. The van der Waals surface area contributed by atoms with Crippen LogP contribution in [0.2, 0.25) is 0 Å². The first-order valence-corrected chi connectivity index (χ1v) is 6.04. The molecule has 0 fully saturated rings. The average molecular weight is 236 g/mol. The van der Waals surface area contributed by atoms with Crippen molar-refractivity contribution in [3.05, 3.63) is 24.3 Å². The molecule has 17 heavy (non-hydrogen) atoms. The third-order valence-corrected chi connectivity index (χ3v) is 3.00. The standard InChI is InChI=1S/C14H24N2O/c1-14(2,9-10-15)11-16(3)12-5-7-13(17-4)8-6-12/h5-8H,9-11,15H2,1-4H3. The van der Waals surface area contributed by atoms with E-state index < -0.39 is 0 Å². The summed E-state index contributed by atoms with van der Waals surface area (Å²) < 4.78 is 5.15. The van der Waals surface area contributed by atoms with E-state index in [2.05, 4.69) is 37.9 Å². The summed E-state index contributed by atoms with van der Waals surface area (Å²) in [7, 11) is 3.79. The fourth-order valence-corrected chi connectivity index (χ4v) is 2.04. The second-order valence-electron chi connectivity index (χ2n) is 5.26. The quantitative estimate of drug-likeness (QED) is 0.824. The van der Waals surface area contributed by atoms with E-state index >= 15 is 0 Å². The van der Waals surface area contributed by atoms with Gasteiger partial charge in [0, 0.05) is 19.3 Å². The molecule has 0 saturated heterocycles. The van der Waals surface area contributed by atoms with Gasteiger partial charge >= 0.3 is 0 Å². The molecule has 0 spiro atoms. The van der Waals surface area contributed by atoms with Crippen molar-refractivity contribution in [3.8, 4) is 5.75 Å². The first-order chi connectivity index (χ1) is 7.98. The smallest absolute Gasteiger partial charge is 0.119 e. The summed E-state index contributed by atoms with van der Waals surface area (Å²) >= 11 is 0. The van der Waals surface area contributed by atoms with Gasteiger partial charge in [-0.3, -0.25) is 0 Å². The van der Waals surface area contributed by atoms with E-state index in [-0.39, 0.29) is 5.41 Å². The molecule has 1 aromatic rings. The Hall–Kier alpha value is -1.22. The summed E-state index contributed by atoms with van der Waals surface area (Å²) in [6.45, 7) is 6.24. The lowest BCUT2D eigenvalue weighted by atomic mass is 9.89. The Kier molecular flexibility index (Phi) is 4.82. The summed E-state index contributed by atoms with van der Waals surface area (Å²) in [4.78, 5) is 2.26. The molecule has 1 rings (SSSR count). The highest BCUT2D eigenvalue weighted by Gasteiger charge is 2.19. The zero-order valence-electron chi connectivity index (χ0n) is 11.4. The molecule has 0 atom stereocenters. The fourth-order valence-electron chi connectivity index (χ4n) is 2.04. The minimum absolute atomic E-state index is 0.240. The Morgan fingerprint density at radius 1 is 1.24 bits per heavy atom. The maximum absolute atomic E-state index is 5.63. The molecular weight excluding hydrogens is 212 g/mol. The van der Waals surface area contributed by atoms with Gasteiger partial charge in [-0.1, -0.05) is 13.8 Å². The van der Waals surface area contributed by atoms with E-state index in [0.717, 1.165) is 25.3 Å². The summed E-state index contributed by atoms with van der Waals surface area (Å²) in [5, 5.41) is 0. The average Bonchev–Trinajstić information content (AvgIpc) is 2.28. The van der Waals surface area contributed by atoms with E-state index in [1.54, 1.807) is 7.11 Å². The monoisotopic (exact) mass is 236 g/mol. The Bertz CT molecular complexity index is 333. The highest BCUT2D eigenvalue weighted by Crippen LogP contribution is 2.25. The Labute approximate surface area is 105 Å². The lowest BCUT2D eigenvalue weighted by Gasteiger charge is -2.31. The second kappa shape index (κ2) is 5.92. The third kappa shape index (κ3) is 4.27. The number of rotatable bonds is 6. The Morgan fingerprint density at radius 3 is 2.29 bits per heavy atom. The first-order valence-electron chi connectivity index (χ1n) is 6.04. The Balaban J connectivity index is 2.65. The number of methoxy groups -OCH3 is 1. The maximum Gasteiger partial charge on any atom is 0.119 e. The van der Waals surface area contributed by atoms with Crippen molar-refractivity contribution in [1.29, 1.82) is 0 Å². The van der Waals surface area contributed by atoms with Crippen molar-refractivity contribution in [2.45, 2.75) is 20.3 Å². The van der Waals surface area contributed by atoms with Gasteiger partial charge in [-0.2, -0.15) is 0 Å². The van der Waals surface area contributed by atoms with Gasteiger partial charge in [-0.15, -0.1) is 0 Å². The van der Waals surface area contributed by atoms with Gasteiger partial charge in [-0.05, 0) is 42.6 Å². The SMILES string of the molecule is COc1ccc(N(C)CC(C)(C)CCN)cc1. The summed E-state index contributed by atoms with van der Waals surface area (Å²) in [5.41, 5.74) is 7.08. The highest BCUT2D eigenvalue weighted by atomic mass is 16.5. The molecule has 0 amide bonds. The number of nitrogens with two attached hydrogens (primary N) is 1. The maximum atomic E-state index is 5.63. The topological polar surface area (TPSA) is 38.5 Å². The van der Waals surface area contributed by atoms with Crippen LogP contribution in [0, 0.1) is 5.41 Å². The second-order valence-corrected chi connectivity index (χ2v) is 5.26. The molecule has 0 radical (unpaired) electrons. The molecule has 0 aliphatic rings. The lowest BCUT2D eigenvalue weighted by Crippen LogP contribution is -2.32. The van der Waals surface area contributed by atoms with Crippen LogP contribution in [-0.2, 0) is 0 Å². The molecule has 0 saturated carbocycles. The van der Waals surface area contributed by atoms with Crippen molar-refractivity contribution < 1.29 is 4.74 Å². The van der Waals surface area contributed by atoms with E-state index in [0.29, 0.717) is 0 Å². The molecular formula is C14H24N2O. The molecule has 0 bridgehead atoms. The van der Waals surface area contributed by atoms with E-state index in [1.165, 1.54) is 5.69 Å². The third-order valence-electron chi connectivity index (χ3n) is 3.00. The molecule has 3 heteroatoms. The van der Waals surface area contributed by atoms with Gasteiger partial charge in [0.15, 0.2) is 0 Å². The van der Waals surface area contributed by atoms with Gasteiger partial charge in [0.2, 0.25) is 0 Å². The predicted molar refractivity (Wildman–Crippen MR) is 73.7 cm³/mol. The minimum atomic E-state index is 0.240. The van der Waals surface area contributed by atoms with E-state index in [1.807, 2.05) is 12.1 Å². The van der Waals surface area contributed by atoms with Crippen molar-refractivity contribution in [3.63, 3.8) is 0 Å². The van der Waals surface area contributed by atoms with Crippen LogP contribution < -0.4 is 15.4 Å². The van der Waals surface area contributed by atoms with Crippen molar-refractivity contribution in [1.82, 2.24) is 0 Å². The highest BCUT2D eigenvalue weighted by molar-refractivity contribution is 5.48. The van der Waals surface area contributed by atoms with Gasteiger partial charge in [-0.25, -0.2) is 0 Å². The number of benzene rings is 1. The van der Waals surface area contributed by atoms with Crippen LogP contribution in [0.25, 0.3) is 0 Å². The number of nitrogens with zero attached hydrogens (tertiary/aromatic N) is 1. The number of ether oxygens (including phenoxy) is 1. The summed E-state index contributed by atoms with van der Waals surface area (Å²) in [5.74, 6) is 0.892. The number of hydrogen-bond donors (Lipinski definition) is 1. The normalized spacial score (nSPS) is 11.4. The number of hydrogen-bond acceptors (Lipinski definition) is 3. The molecule has 0 unspecified atom stereocenters. The molecule has 0 aliphatic heterocycles. The first kappa shape index (κ1) is 13.8. The molecule has 0 heterocycles. The molecule has 2 N–H and O–H groups in total. The molecule has 1 aromatic carbocycles. The summed E-state index contributed by atoms with van der Waals surface area (Å²) in [6.07, 6.45) is 1.04. The van der Waals surface area contributed by atoms with Crippen LogP contribution in [0.1, 0.15) is 20.3 Å². The lowest BCUT2D eigenvalue weighted by molar-refractivity contribution is 0.347. The molecule has 96 valence electrons. The molecule has 0 aromatic heterocycles. The van der Waals surface area contributed by atoms with Crippen molar-refractivity contribution in [2.24, 2.45) is 11.1 Å². The zero-order valence-corrected chi connectivity index (χ0v) is 11.4. The van der Waals surface area contributed by atoms with Crippen LogP contribution in [0.5, 0.6) is 5.75 Å². The van der Waals surface area contributed by atoms with Crippen molar-refractivity contribution in [2.75, 3.05) is 32.1 Å². The van der Waals surface area contributed by atoms with Gasteiger partial charge < -0.3 is 15.4 Å². The van der Waals surface area contributed by atoms with E-state index in [4.69, 9.17) is 10.5 Å². The van der Waals surface area contributed by atoms with Crippen LogP contribution in [0.4, 0.5) is 5.69 Å². The molecule has 0 aliphatic carbocycles. The van der Waals surface area contributed by atoms with Gasteiger partial charge in [0.1, 0.15) is 5.75 Å².